The first-order valence-electron chi connectivity index (χ1n) is 9.37. The summed E-state index contributed by atoms with van der Waals surface area (Å²) in [6.45, 7) is 6.49. The second kappa shape index (κ2) is 7.22. The maximum Gasteiger partial charge on any atom is 0.338 e. The van der Waals surface area contributed by atoms with Gasteiger partial charge in [0.25, 0.3) is 0 Å². The third-order valence-electron chi connectivity index (χ3n) is 5.09. The molecule has 2 fully saturated rings. The lowest BCUT2D eigenvalue weighted by atomic mass is 9.77. The number of ether oxygens (including phenoxy) is 1. The Hall–Kier alpha value is -2.17. The van der Waals surface area contributed by atoms with Crippen molar-refractivity contribution in [2.75, 3.05) is 6.54 Å². The van der Waals surface area contributed by atoms with Gasteiger partial charge in [-0.15, -0.1) is 0 Å². The Labute approximate surface area is 154 Å². The summed E-state index contributed by atoms with van der Waals surface area (Å²) in [5, 5.41) is 0. The largest absolute Gasteiger partial charge is 0.456 e. The molecule has 1 aromatic carbocycles. The number of Topliss-reactive ketones (excluding diaryl/α,β-unsaturated/α-hetero) is 1. The van der Waals surface area contributed by atoms with E-state index in [4.69, 9.17) is 4.74 Å². The van der Waals surface area contributed by atoms with Crippen LogP contribution in [-0.4, -0.2) is 34.7 Å². The van der Waals surface area contributed by atoms with E-state index in [1.165, 1.54) is 0 Å². The fourth-order valence-electron chi connectivity index (χ4n) is 3.45. The molecule has 3 rings (SSSR count). The summed E-state index contributed by atoms with van der Waals surface area (Å²) in [5.41, 5.74) is 0.913. The molecule has 0 spiro atoms. The Morgan fingerprint density at radius 2 is 1.77 bits per heavy atom. The molecule has 1 atom stereocenters. The molecule has 1 saturated carbocycles. The molecule has 1 saturated heterocycles. The van der Waals surface area contributed by atoms with Crippen LogP contribution < -0.4 is 0 Å². The molecule has 0 radical (unpaired) electrons. The van der Waals surface area contributed by atoms with Gasteiger partial charge in [-0.05, 0) is 51.3 Å². The summed E-state index contributed by atoms with van der Waals surface area (Å²) in [6, 6.07) is 7.13. The number of esters is 1. The molecule has 2 aliphatic rings. The predicted octanol–water partition coefficient (Wildman–Crippen LogP) is 3.36. The first-order valence-corrected chi connectivity index (χ1v) is 9.37. The Bertz CT molecular complexity index is 698. The highest BCUT2D eigenvalue weighted by Gasteiger charge is 2.38. The lowest BCUT2D eigenvalue weighted by molar-refractivity contribution is -0.130. The molecular weight excluding hydrogens is 330 g/mol. The molecule has 0 N–H and O–H groups in total. The SMILES string of the molecule is CC(C)(C)OC(=O)c1ccc(CN2CC(C(=O)C3CCC3)CC2=O)cc1. The lowest BCUT2D eigenvalue weighted by Crippen LogP contribution is -2.31. The standard InChI is InChI=1S/C21H27NO4/c1-21(2,3)26-20(25)16-9-7-14(8-10-16)12-22-13-17(11-18(22)23)19(24)15-5-4-6-15/h7-10,15,17H,4-6,11-13H2,1-3H3. The number of nitrogens with zero attached hydrogens (tertiary/aromatic N) is 1. The lowest BCUT2D eigenvalue weighted by Gasteiger charge is -2.26. The fourth-order valence-corrected chi connectivity index (χ4v) is 3.45. The van der Waals surface area contributed by atoms with E-state index < -0.39 is 5.60 Å². The minimum absolute atomic E-state index is 0.0406. The zero-order valence-electron chi connectivity index (χ0n) is 15.8. The maximum atomic E-state index is 12.4. The number of ketones is 1. The summed E-state index contributed by atoms with van der Waals surface area (Å²) in [5.74, 6) is -0.00609. The van der Waals surface area contributed by atoms with Crippen molar-refractivity contribution in [3.05, 3.63) is 35.4 Å². The number of hydrogen-bond donors (Lipinski definition) is 0. The van der Waals surface area contributed by atoms with E-state index in [-0.39, 0.29) is 29.5 Å². The molecule has 1 unspecified atom stereocenters. The van der Waals surface area contributed by atoms with E-state index in [0.29, 0.717) is 25.1 Å². The van der Waals surface area contributed by atoms with Crippen LogP contribution in [-0.2, 0) is 20.9 Å². The minimum Gasteiger partial charge on any atom is -0.456 e. The summed E-state index contributed by atoms with van der Waals surface area (Å²) in [7, 11) is 0. The van der Waals surface area contributed by atoms with E-state index in [1.54, 1.807) is 17.0 Å². The van der Waals surface area contributed by atoms with Gasteiger partial charge in [-0.1, -0.05) is 18.6 Å². The minimum atomic E-state index is -0.528. The number of likely N-dealkylation sites (tertiary alicyclic amines) is 1. The van der Waals surface area contributed by atoms with Crippen LogP contribution in [0.3, 0.4) is 0 Å². The summed E-state index contributed by atoms with van der Waals surface area (Å²) >= 11 is 0. The zero-order valence-corrected chi connectivity index (χ0v) is 15.8. The number of amides is 1. The van der Waals surface area contributed by atoms with Gasteiger partial charge in [0, 0.05) is 31.3 Å². The van der Waals surface area contributed by atoms with Crippen molar-refractivity contribution in [3.8, 4) is 0 Å². The highest BCUT2D eigenvalue weighted by atomic mass is 16.6. The van der Waals surface area contributed by atoms with E-state index >= 15 is 0 Å². The van der Waals surface area contributed by atoms with Gasteiger partial charge in [0.05, 0.1) is 5.56 Å². The normalized spacial score (nSPS) is 20.8. The molecule has 5 heteroatoms. The Kier molecular flexibility index (Phi) is 5.17. The average molecular weight is 357 g/mol. The van der Waals surface area contributed by atoms with Crippen LogP contribution in [0, 0.1) is 11.8 Å². The monoisotopic (exact) mass is 357 g/mol. The summed E-state index contributed by atoms with van der Waals surface area (Å²) in [4.78, 5) is 38.4. The van der Waals surface area contributed by atoms with Crippen molar-refractivity contribution in [2.45, 2.75) is 58.6 Å². The summed E-state index contributed by atoms with van der Waals surface area (Å²) < 4.78 is 5.35. The van der Waals surface area contributed by atoms with E-state index in [2.05, 4.69) is 0 Å². The average Bonchev–Trinajstić information content (AvgIpc) is 2.85. The number of carbonyl (C=O) groups excluding carboxylic acids is 3. The van der Waals surface area contributed by atoms with Crippen LogP contribution in [0.25, 0.3) is 0 Å². The first kappa shape index (κ1) is 18.6. The van der Waals surface area contributed by atoms with Crippen LogP contribution in [0.15, 0.2) is 24.3 Å². The van der Waals surface area contributed by atoms with Crippen LogP contribution in [0.4, 0.5) is 0 Å². The van der Waals surface area contributed by atoms with Crippen molar-refractivity contribution in [3.63, 3.8) is 0 Å². The molecule has 0 bridgehead atoms. The van der Waals surface area contributed by atoms with Crippen LogP contribution in [0.5, 0.6) is 0 Å². The third kappa shape index (κ3) is 4.32. The zero-order chi connectivity index (χ0) is 18.9. The Morgan fingerprint density at radius 1 is 1.12 bits per heavy atom. The Balaban J connectivity index is 1.58. The molecule has 1 aliphatic carbocycles. The molecule has 1 amide bonds. The van der Waals surface area contributed by atoms with Gasteiger partial charge < -0.3 is 9.64 Å². The number of benzene rings is 1. The molecular formula is C21H27NO4. The van der Waals surface area contributed by atoms with Crippen LogP contribution in [0.2, 0.25) is 0 Å². The molecule has 1 aliphatic heterocycles. The van der Waals surface area contributed by atoms with E-state index in [1.807, 2.05) is 32.9 Å². The highest BCUT2D eigenvalue weighted by Crippen LogP contribution is 2.33. The number of rotatable bonds is 5. The first-order chi connectivity index (χ1) is 12.2. The number of hydrogen-bond acceptors (Lipinski definition) is 4. The van der Waals surface area contributed by atoms with Crippen molar-refractivity contribution in [1.29, 1.82) is 0 Å². The van der Waals surface area contributed by atoms with Gasteiger partial charge in [0.1, 0.15) is 11.4 Å². The van der Waals surface area contributed by atoms with Gasteiger partial charge in [0.2, 0.25) is 5.91 Å². The molecule has 1 heterocycles. The predicted molar refractivity (Wildman–Crippen MR) is 97.5 cm³/mol. The topological polar surface area (TPSA) is 63.7 Å². The summed E-state index contributed by atoms with van der Waals surface area (Å²) in [6.07, 6.45) is 3.43. The molecule has 5 nitrogen and oxygen atoms in total. The quantitative estimate of drug-likeness (QED) is 0.758. The molecule has 26 heavy (non-hydrogen) atoms. The van der Waals surface area contributed by atoms with Crippen molar-refractivity contribution in [2.24, 2.45) is 11.8 Å². The maximum absolute atomic E-state index is 12.4. The second-order valence-electron chi connectivity index (χ2n) is 8.40. The molecule has 1 aromatic rings. The molecule has 140 valence electrons. The van der Waals surface area contributed by atoms with E-state index in [9.17, 15) is 14.4 Å². The van der Waals surface area contributed by atoms with Gasteiger partial charge in [-0.2, -0.15) is 0 Å². The Morgan fingerprint density at radius 3 is 2.31 bits per heavy atom. The highest BCUT2D eigenvalue weighted by molar-refractivity contribution is 5.92. The third-order valence-corrected chi connectivity index (χ3v) is 5.09. The van der Waals surface area contributed by atoms with Crippen molar-refractivity contribution in [1.82, 2.24) is 4.90 Å². The second-order valence-corrected chi connectivity index (χ2v) is 8.40. The smallest absolute Gasteiger partial charge is 0.338 e. The van der Waals surface area contributed by atoms with Gasteiger partial charge >= 0.3 is 5.97 Å². The van der Waals surface area contributed by atoms with Gasteiger partial charge in [0.15, 0.2) is 0 Å². The van der Waals surface area contributed by atoms with Gasteiger partial charge in [-0.3, -0.25) is 9.59 Å². The van der Waals surface area contributed by atoms with Crippen molar-refractivity contribution >= 4 is 17.7 Å². The van der Waals surface area contributed by atoms with Gasteiger partial charge in [-0.25, -0.2) is 4.79 Å². The number of carbonyl (C=O) groups is 3. The van der Waals surface area contributed by atoms with Crippen LogP contribution >= 0.6 is 0 Å². The van der Waals surface area contributed by atoms with Crippen molar-refractivity contribution < 1.29 is 19.1 Å². The van der Waals surface area contributed by atoms with E-state index in [0.717, 1.165) is 24.8 Å². The molecule has 0 aromatic heterocycles. The van der Waals surface area contributed by atoms with Crippen LogP contribution in [0.1, 0.15) is 62.4 Å². The fraction of sp³-hybridized carbons (Fsp3) is 0.571.